The Labute approximate surface area is 223 Å². The second-order valence-electron chi connectivity index (χ2n) is 9.86. The van der Waals surface area contributed by atoms with Crippen LogP contribution in [0.15, 0.2) is 36.4 Å². The summed E-state index contributed by atoms with van der Waals surface area (Å²) < 4.78 is 16.4. The van der Waals surface area contributed by atoms with Crippen LogP contribution in [0.2, 0.25) is 0 Å². The van der Waals surface area contributed by atoms with Gasteiger partial charge in [-0.2, -0.15) is 0 Å². The van der Waals surface area contributed by atoms with Gasteiger partial charge >= 0.3 is 6.03 Å². The van der Waals surface area contributed by atoms with Crippen molar-refractivity contribution < 1.29 is 33.5 Å². The molecule has 2 aromatic rings. The Kier molecular flexibility index (Phi) is 6.11. The Morgan fingerprint density at radius 1 is 1.03 bits per heavy atom. The van der Waals surface area contributed by atoms with Crippen LogP contribution >= 0.6 is 0 Å². The molecule has 2 aromatic carbocycles. The number of benzene rings is 2. The number of hydrogen-bond acceptors (Lipinski definition) is 10. The van der Waals surface area contributed by atoms with Gasteiger partial charge in [0.15, 0.2) is 5.41 Å². The molecule has 3 fully saturated rings. The van der Waals surface area contributed by atoms with E-state index >= 15 is 0 Å². The van der Waals surface area contributed by atoms with Crippen molar-refractivity contribution in [3.05, 3.63) is 52.1 Å². The molecular formula is C26H27N5O8. The van der Waals surface area contributed by atoms with Gasteiger partial charge in [0.1, 0.15) is 11.4 Å². The molecule has 1 spiro atoms. The van der Waals surface area contributed by atoms with Gasteiger partial charge in [0.2, 0.25) is 5.91 Å². The number of methoxy groups -OCH3 is 1. The van der Waals surface area contributed by atoms with Gasteiger partial charge in [0.25, 0.3) is 11.6 Å². The van der Waals surface area contributed by atoms with Crippen molar-refractivity contribution in [1.82, 2.24) is 5.32 Å². The maximum Gasteiger partial charge on any atom is 0.335 e. The lowest BCUT2D eigenvalue weighted by Crippen LogP contribution is -2.74. The van der Waals surface area contributed by atoms with Crippen molar-refractivity contribution in [3.63, 3.8) is 0 Å². The second-order valence-corrected chi connectivity index (χ2v) is 9.86. The topological polar surface area (TPSA) is 144 Å². The van der Waals surface area contributed by atoms with Gasteiger partial charge in [0, 0.05) is 37.8 Å². The molecule has 4 amide bonds. The summed E-state index contributed by atoms with van der Waals surface area (Å²) in [5.74, 6) is -0.906. The highest BCUT2D eigenvalue weighted by Gasteiger charge is 2.63. The number of imide groups is 2. The van der Waals surface area contributed by atoms with Gasteiger partial charge in [-0.25, -0.2) is 9.69 Å². The van der Waals surface area contributed by atoms with E-state index in [1.807, 2.05) is 9.80 Å². The first-order chi connectivity index (χ1) is 18.8. The summed E-state index contributed by atoms with van der Waals surface area (Å²) in [5.41, 5.74) is 0.101. The normalized spacial score (nSPS) is 24.8. The fraction of sp³-hybridized carbons (Fsp3) is 0.423. The number of morpholine rings is 2. The number of nitrogens with zero attached hydrogens (tertiary/aromatic N) is 4. The van der Waals surface area contributed by atoms with Crippen molar-refractivity contribution in [1.29, 1.82) is 0 Å². The Morgan fingerprint density at radius 3 is 2.44 bits per heavy atom. The summed E-state index contributed by atoms with van der Waals surface area (Å²) in [6.07, 6.45) is -0.123. The van der Waals surface area contributed by atoms with Crippen LogP contribution in [-0.4, -0.2) is 82.0 Å². The number of carbonyl (C=O) groups is 3. The molecule has 0 unspecified atom stereocenters. The Morgan fingerprint density at radius 2 is 1.74 bits per heavy atom. The zero-order valence-corrected chi connectivity index (χ0v) is 21.3. The largest absolute Gasteiger partial charge is 0.497 e. The van der Waals surface area contributed by atoms with Crippen LogP contribution in [0.4, 0.5) is 27.5 Å². The molecule has 4 heterocycles. The van der Waals surface area contributed by atoms with Crippen LogP contribution in [0.25, 0.3) is 0 Å². The van der Waals surface area contributed by atoms with E-state index in [9.17, 15) is 24.5 Å². The van der Waals surface area contributed by atoms with Crippen molar-refractivity contribution >= 4 is 40.6 Å². The number of nitrogens with one attached hydrogen (secondary N) is 1. The van der Waals surface area contributed by atoms with Gasteiger partial charge in [0.05, 0.1) is 50.2 Å². The third-order valence-corrected chi connectivity index (χ3v) is 7.94. The maximum atomic E-state index is 14.3. The number of rotatable bonds is 4. The van der Waals surface area contributed by atoms with E-state index in [1.165, 1.54) is 13.2 Å². The quantitative estimate of drug-likeness (QED) is 0.346. The number of hydrogen-bond donors (Lipinski definition) is 1. The molecule has 4 aliphatic heterocycles. The SMILES string of the molecule is COc1ccc(N2C(=O)NC(=O)[C@]3(Cc4cc([N+](=O)[O-])c(N5CCOCC5)cc4N4CCOC[C@H]43)C2=O)cc1. The molecule has 0 saturated carbocycles. The lowest BCUT2D eigenvalue weighted by atomic mass is 9.68. The fourth-order valence-electron chi connectivity index (χ4n) is 6.01. The molecule has 13 heteroatoms. The fourth-order valence-corrected chi connectivity index (χ4v) is 6.01. The van der Waals surface area contributed by atoms with E-state index in [0.29, 0.717) is 56.5 Å². The first kappa shape index (κ1) is 25.1. The van der Waals surface area contributed by atoms with Crippen LogP contribution in [0.3, 0.4) is 0 Å². The van der Waals surface area contributed by atoms with E-state index in [2.05, 4.69) is 5.32 Å². The number of fused-ring (bicyclic) bond motifs is 4. The highest BCUT2D eigenvalue weighted by molar-refractivity contribution is 6.30. The molecule has 0 bridgehead atoms. The number of anilines is 3. The number of urea groups is 1. The molecule has 0 aromatic heterocycles. The predicted octanol–water partition coefficient (Wildman–Crippen LogP) is 1.47. The summed E-state index contributed by atoms with van der Waals surface area (Å²) >= 11 is 0. The zero-order valence-electron chi connectivity index (χ0n) is 21.3. The monoisotopic (exact) mass is 537 g/mol. The van der Waals surface area contributed by atoms with E-state index < -0.39 is 34.2 Å². The highest BCUT2D eigenvalue weighted by Crippen LogP contribution is 2.49. The molecule has 4 aliphatic rings. The Hall–Kier alpha value is -4.23. The van der Waals surface area contributed by atoms with Crippen LogP contribution in [0.1, 0.15) is 5.56 Å². The minimum Gasteiger partial charge on any atom is -0.497 e. The van der Waals surface area contributed by atoms with Crippen molar-refractivity contribution in [2.24, 2.45) is 5.41 Å². The van der Waals surface area contributed by atoms with Crippen LogP contribution < -0.4 is 24.8 Å². The van der Waals surface area contributed by atoms with Crippen LogP contribution in [0.5, 0.6) is 5.75 Å². The Bertz CT molecular complexity index is 1360. The molecule has 204 valence electrons. The van der Waals surface area contributed by atoms with E-state index in [4.69, 9.17) is 14.2 Å². The minimum absolute atomic E-state index is 0.0765. The first-order valence-electron chi connectivity index (χ1n) is 12.7. The lowest BCUT2D eigenvalue weighted by molar-refractivity contribution is -0.384. The van der Waals surface area contributed by atoms with Gasteiger partial charge in [-0.3, -0.25) is 25.0 Å². The minimum atomic E-state index is -1.74. The highest BCUT2D eigenvalue weighted by atomic mass is 16.6. The average Bonchev–Trinajstić information content (AvgIpc) is 2.96. The molecule has 0 radical (unpaired) electrons. The zero-order chi connectivity index (χ0) is 27.3. The van der Waals surface area contributed by atoms with Crippen molar-refractivity contribution in [3.8, 4) is 5.75 Å². The molecular weight excluding hydrogens is 510 g/mol. The van der Waals surface area contributed by atoms with Gasteiger partial charge < -0.3 is 24.0 Å². The molecule has 1 N–H and O–H groups in total. The predicted molar refractivity (Wildman–Crippen MR) is 138 cm³/mol. The van der Waals surface area contributed by atoms with Crippen LogP contribution in [-0.2, 0) is 25.5 Å². The average molecular weight is 538 g/mol. The first-order valence-corrected chi connectivity index (χ1v) is 12.7. The third kappa shape index (κ3) is 3.88. The number of amides is 4. The molecule has 13 nitrogen and oxygen atoms in total. The number of ether oxygens (including phenoxy) is 3. The van der Waals surface area contributed by atoms with E-state index in [-0.39, 0.29) is 24.4 Å². The smallest absolute Gasteiger partial charge is 0.335 e. The maximum absolute atomic E-state index is 14.3. The molecule has 0 aliphatic carbocycles. The number of nitro groups is 1. The summed E-state index contributed by atoms with van der Waals surface area (Å²) in [6, 6.07) is 8.01. The second kappa shape index (κ2) is 9.50. The van der Waals surface area contributed by atoms with Gasteiger partial charge in [-0.05, 0) is 35.9 Å². The lowest BCUT2D eigenvalue weighted by Gasteiger charge is -2.53. The van der Waals surface area contributed by atoms with Crippen molar-refractivity contribution in [2.75, 3.05) is 67.9 Å². The summed E-state index contributed by atoms with van der Waals surface area (Å²) in [6.45, 7) is 2.74. The van der Waals surface area contributed by atoms with Crippen molar-refractivity contribution in [2.45, 2.75) is 12.5 Å². The number of nitro benzene ring substituents is 1. The number of carbonyl (C=O) groups excluding carboxylic acids is 3. The summed E-state index contributed by atoms with van der Waals surface area (Å²) in [5, 5.41) is 14.5. The molecule has 3 saturated heterocycles. The number of barbiturate groups is 1. The summed E-state index contributed by atoms with van der Waals surface area (Å²) in [4.78, 5) is 57.4. The molecule has 39 heavy (non-hydrogen) atoms. The molecule has 2 atom stereocenters. The molecule has 6 rings (SSSR count). The van der Waals surface area contributed by atoms with E-state index in [0.717, 1.165) is 10.6 Å². The van der Waals surface area contributed by atoms with E-state index in [1.54, 1.807) is 30.3 Å². The standard InChI is InChI=1S/C26H27N5O8/c1-37-18-4-2-17(3-5-18)30-24(33)26(23(32)27-25(30)34)14-16-12-21(31(35)36)20(28-6-9-38-10-7-28)13-19(16)29-8-11-39-15-22(26)29/h2-5,12-13,22H,6-11,14-15H2,1H3,(H,27,32,34)/t22-,26+/m0/s1. The van der Waals surface area contributed by atoms with Gasteiger partial charge in [-0.1, -0.05) is 0 Å². The summed E-state index contributed by atoms with van der Waals surface area (Å²) in [7, 11) is 1.50. The van der Waals surface area contributed by atoms with Gasteiger partial charge in [-0.15, -0.1) is 0 Å². The van der Waals surface area contributed by atoms with Crippen LogP contribution in [0, 0.1) is 15.5 Å². The third-order valence-electron chi connectivity index (χ3n) is 7.94. The Balaban J connectivity index is 1.48.